The summed E-state index contributed by atoms with van der Waals surface area (Å²) in [5.74, 6) is -0.241. The van der Waals surface area contributed by atoms with Crippen LogP contribution in [0.4, 0.5) is 0 Å². The maximum atomic E-state index is 13.7. The van der Waals surface area contributed by atoms with Gasteiger partial charge in [0, 0.05) is 6.04 Å². The molecule has 3 atom stereocenters. The molecule has 30 heavy (non-hydrogen) atoms. The molecule has 2 fully saturated rings. The van der Waals surface area contributed by atoms with Crippen molar-refractivity contribution in [2.45, 2.75) is 49.1 Å². The van der Waals surface area contributed by atoms with Crippen molar-refractivity contribution in [3.8, 4) is 0 Å². The summed E-state index contributed by atoms with van der Waals surface area (Å²) >= 11 is 0. The molecule has 8 heteroatoms. The van der Waals surface area contributed by atoms with E-state index in [2.05, 4.69) is 9.97 Å². The van der Waals surface area contributed by atoms with Gasteiger partial charge in [-0.15, -0.1) is 0 Å². The van der Waals surface area contributed by atoms with Crippen molar-refractivity contribution in [1.29, 1.82) is 0 Å². The largest absolute Gasteiger partial charge is 0.478 e. The molecule has 3 unspecified atom stereocenters. The molecule has 7 nitrogen and oxygen atoms in total. The summed E-state index contributed by atoms with van der Waals surface area (Å²) in [5, 5.41) is 9.50. The summed E-state index contributed by atoms with van der Waals surface area (Å²) in [5.41, 5.74) is 1.09. The molecule has 5 rings (SSSR count). The molecule has 0 bridgehead atoms. The first-order valence-electron chi connectivity index (χ1n) is 10.3. The first kappa shape index (κ1) is 19.3. The zero-order valence-corrected chi connectivity index (χ0v) is 17.2. The average Bonchev–Trinajstić information content (AvgIpc) is 3.35. The van der Waals surface area contributed by atoms with Crippen LogP contribution in [0, 0.1) is 5.92 Å². The predicted molar refractivity (Wildman–Crippen MR) is 112 cm³/mol. The third-order valence-corrected chi connectivity index (χ3v) is 8.37. The van der Waals surface area contributed by atoms with Crippen LogP contribution in [0.2, 0.25) is 0 Å². The summed E-state index contributed by atoms with van der Waals surface area (Å²) in [6, 6.07) is 13.0. The molecule has 1 aliphatic heterocycles. The Morgan fingerprint density at radius 2 is 1.83 bits per heavy atom. The number of hydrogen-bond donors (Lipinski definition) is 2. The van der Waals surface area contributed by atoms with Gasteiger partial charge in [-0.05, 0) is 49.4 Å². The molecular weight excluding hydrogens is 402 g/mol. The summed E-state index contributed by atoms with van der Waals surface area (Å²) in [6.45, 7) is 0. The molecule has 0 amide bonds. The van der Waals surface area contributed by atoms with E-state index in [9.17, 15) is 18.3 Å². The van der Waals surface area contributed by atoms with Crippen molar-refractivity contribution in [2.75, 3.05) is 0 Å². The van der Waals surface area contributed by atoms with E-state index >= 15 is 0 Å². The van der Waals surface area contributed by atoms with E-state index in [0.29, 0.717) is 23.3 Å². The van der Waals surface area contributed by atoms with Crippen molar-refractivity contribution in [2.24, 2.45) is 5.92 Å². The minimum atomic E-state index is -3.71. The molecule has 2 heterocycles. The summed E-state index contributed by atoms with van der Waals surface area (Å²) in [7, 11) is -3.71. The SMILES string of the molecule is O=C(O)c1cccc2[nH]c(C3CC4CCCCC4N3S(=O)(=O)c3ccccc3)nc12. The predicted octanol–water partition coefficient (Wildman–Crippen LogP) is 3.96. The zero-order chi connectivity index (χ0) is 20.9. The lowest BCUT2D eigenvalue weighted by Gasteiger charge is -2.32. The number of carboxylic acid groups (broad SMARTS) is 1. The average molecular weight is 426 g/mol. The quantitative estimate of drug-likeness (QED) is 0.659. The van der Waals surface area contributed by atoms with Crippen LogP contribution in [-0.4, -0.2) is 39.8 Å². The third-order valence-electron chi connectivity index (χ3n) is 6.42. The third kappa shape index (κ3) is 3.02. The first-order valence-corrected chi connectivity index (χ1v) is 11.7. The van der Waals surface area contributed by atoms with E-state index in [1.807, 2.05) is 0 Å². The Bertz CT molecular complexity index is 1210. The van der Waals surface area contributed by atoms with Crippen LogP contribution in [-0.2, 0) is 10.0 Å². The van der Waals surface area contributed by atoms with Crippen molar-refractivity contribution >= 4 is 27.0 Å². The molecule has 3 aromatic rings. The number of rotatable bonds is 4. The smallest absolute Gasteiger partial charge is 0.337 e. The minimum absolute atomic E-state index is 0.0545. The van der Waals surface area contributed by atoms with Crippen LogP contribution in [0.5, 0.6) is 0 Å². The van der Waals surface area contributed by atoms with Gasteiger partial charge in [0.15, 0.2) is 0 Å². The Balaban J connectivity index is 1.63. The molecular formula is C22H23N3O4S. The number of carboxylic acids is 1. The monoisotopic (exact) mass is 425 g/mol. The second-order valence-corrected chi connectivity index (χ2v) is 9.98. The topological polar surface area (TPSA) is 103 Å². The van der Waals surface area contributed by atoms with Gasteiger partial charge < -0.3 is 10.1 Å². The van der Waals surface area contributed by atoms with Gasteiger partial charge in [0.1, 0.15) is 11.3 Å². The molecule has 2 N–H and O–H groups in total. The second-order valence-electron chi connectivity index (χ2n) is 8.14. The van der Waals surface area contributed by atoms with Crippen LogP contribution in [0.25, 0.3) is 11.0 Å². The van der Waals surface area contributed by atoms with Gasteiger partial charge in [-0.2, -0.15) is 4.31 Å². The van der Waals surface area contributed by atoms with Crippen molar-refractivity contribution in [3.63, 3.8) is 0 Å². The zero-order valence-electron chi connectivity index (χ0n) is 16.4. The van der Waals surface area contributed by atoms with Gasteiger partial charge in [-0.3, -0.25) is 0 Å². The number of imidazole rings is 1. The molecule has 1 saturated carbocycles. The maximum absolute atomic E-state index is 13.7. The van der Waals surface area contributed by atoms with Crippen LogP contribution in [0.1, 0.15) is 54.3 Å². The number of aromatic nitrogens is 2. The number of hydrogen-bond acceptors (Lipinski definition) is 4. The lowest BCUT2D eigenvalue weighted by molar-refractivity contribution is 0.0699. The fourth-order valence-electron chi connectivity index (χ4n) is 5.09. The first-order chi connectivity index (χ1) is 14.5. The van der Waals surface area contributed by atoms with Crippen LogP contribution < -0.4 is 0 Å². The number of sulfonamides is 1. The minimum Gasteiger partial charge on any atom is -0.478 e. The highest BCUT2D eigenvalue weighted by molar-refractivity contribution is 7.89. The number of H-pyrrole nitrogens is 1. The molecule has 2 aromatic carbocycles. The highest BCUT2D eigenvalue weighted by atomic mass is 32.2. The fourth-order valence-corrected chi connectivity index (χ4v) is 6.99. The van der Waals surface area contributed by atoms with Crippen molar-refractivity contribution in [1.82, 2.24) is 14.3 Å². The number of benzene rings is 2. The second kappa shape index (κ2) is 7.21. The van der Waals surface area contributed by atoms with E-state index in [4.69, 9.17) is 0 Å². The Morgan fingerprint density at radius 1 is 1.07 bits per heavy atom. The number of para-hydroxylation sites is 1. The number of nitrogens with one attached hydrogen (secondary N) is 1. The van der Waals surface area contributed by atoms with Gasteiger partial charge in [0.05, 0.1) is 22.0 Å². The van der Waals surface area contributed by atoms with E-state index in [0.717, 1.165) is 25.7 Å². The van der Waals surface area contributed by atoms with E-state index in [-0.39, 0.29) is 22.4 Å². The van der Waals surface area contributed by atoms with Gasteiger partial charge in [-0.1, -0.05) is 37.1 Å². The summed E-state index contributed by atoms with van der Waals surface area (Å²) in [4.78, 5) is 19.7. The van der Waals surface area contributed by atoms with Gasteiger partial charge >= 0.3 is 5.97 Å². The highest BCUT2D eigenvalue weighted by Gasteiger charge is 2.49. The molecule has 1 aromatic heterocycles. The molecule has 1 aliphatic carbocycles. The van der Waals surface area contributed by atoms with Gasteiger partial charge in [-0.25, -0.2) is 18.2 Å². The molecule has 0 radical (unpaired) electrons. The lowest BCUT2D eigenvalue weighted by atomic mass is 9.85. The number of nitrogens with zero attached hydrogens (tertiary/aromatic N) is 2. The Kier molecular flexibility index (Phi) is 4.63. The summed E-state index contributed by atoms with van der Waals surface area (Å²) in [6.07, 6.45) is 4.66. The molecule has 1 saturated heterocycles. The fraction of sp³-hybridized carbons (Fsp3) is 0.364. The van der Waals surface area contributed by atoms with Gasteiger partial charge in [0.2, 0.25) is 10.0 Å². The molecule has 0 spiro atoms. The highest BCUT2D eigenvalue weighted by Crippen LogP contribution is 2.48. The molecule has 156 valence electrons. The van der Waals surface area contributed by atoms with Gasteiger partial charge in [0.25, 0.3) is 0 Å². The number of aromatic amines is 1. The van der Waals surface area contributed by atoms with Crippen LogP contribution >= 0.6 is 0 Å². The standard InChI is InChI=1S/C22H23N3O4S/c26-22(27)16-10-6-11-17-20(16)24-21(23-17)19-13-14-7-4-5-12-18(14)25(19)30(28,29)15-8-2-1-3-9-15/h1-3,6,8-11,14,18-19H,4-5,7,12-13H2,(H,23,24)(H,26,27). The van der Waals surface area contributed by atoms with Crippen molar-refractivity contribution in [3.05, 3.63) is 59.9 Å². The van der Waals surface area contributed by atoms with Crippen molar-refractivity contribution < 1.29 is 18.3 Å². The Hall–Kier alpha value is -2.71. The summed E-state index contributed by atoms with van der Waals surface area (Å²) < 4.78 is 29.0. The van der Waals surface area contributed by atoms with Crippen LogP contribution in [0.15, 0.2) is 53.4 Å². The Morgan fingerprint density at radius 3 is 2.60 bits per heavy atom. The van der Waals surface area contributed by atoms with E-state index < -0.39 is 22.0 Å². The number of aromatic carboxylic acids is 1. The number of fused-ring (bicyclic) bond motifs is 2. The van der Waals surface area contributed by atoms with E-state index in [1.54, 1.807) is 46.8 Å². The van der Waals surface area contributed by atoms with E-state index in [1.165, 1.54) is 6.07 Å². The van der Waals surface area contributed by atoms with Crippen LogP contribution in [0.3, 0.4) is 0 Å². The lowest BCUT2D eigenvalue weighted by Crippen LogP contribution is -2.40. The Labute approximate surface area is 174 Å². The number of carbonyl (C=O) groups is 1. The molecule has 2 aliphatic rings. The maximum Gasteiger partial charge on any atom is 0.337 e. The normalized spacial score (nSPS) is 24.7.